The van der Waals surface area contributed by atoms with Crippen molar-refractivity contribution in [2.75, 3.05) is 19.0 Å². The summed E-state index contributed by atoms with van der Waals surface area (Å²) in [7, 11) is 0. The minimum absolute atomic E-state index is 0.360. The zero-order valence-electron chi connectivity index (χ0n) is 10.9. The molecule has 0 aromatic heterocycles. The quantitative estimate of drug-likeness (QED) is 0.886. The predicted molar refractivity (Wildman–Crippen MR) is 82.2 cm³/mol. The topological polar surface area (TPSA) is 30.5 Å². The van der Waals surface area contributed by atoms with Gasteiger partial charge in [0.05, 0.1) is 23.1 Å². The number of rotatable bonds is 2. The maximum atomic E-state index is 5.79. The van der Waals surface area contributed by atoms with Crippen LogP contribution < -0.4 is 14.8 Å². The number of fused-ring (bicyclic) bond motifs is 1. The van der Waals surface area contributed by atoms with Gasteiger partial charge in [-0.1, -0.05) is 6.92 Å². The van der Waals surface area contributed by atoms with Crippen LogP contribution in [0.3, 0.4) is 0 Å². The largest absolute Gasteiger partial charge is 0.490 e. The van der Waals surface area contributed by atoms with E-state index in [4.69, 9.17) is 9.47 Å². The minimum atomic E-state index is 0.360. The fourth-order valence-electron chi connectivity index (χ4n) is 2.35. The summed E-state index contributed by atoms with van der Waals surface area (Å²) in [5.41, 5.74) is 1.26. The molecule has 2 atom stereocenters. The molecule has 0 aliphatic carbocycles. The van der Waals surface area contributed by atoms with Crippen LogP contribution in [0.1, 0.15) is 30.7 Å². The van der Waals surface area contributed by atoms with Gasteiger partial charge in [-0.3, -0.25) is 5.32 Å². The maximum Gasteiger partial charge on any atom is 0.175 e. The third-order valence-corrected chi connectivity index (χ3v) is 5.40. The Morgan fingerprint density at radius 2 is 2.21 bits per heavy atom. The van der Waals surface area contributed by atoms with Crippen molar-refractivity contribution in [1.82, 2.24) is 5.32 Å². The molecule has 0 bridgehead atoms. The highest BCUT2D eigenvalue weighted by molar-refractivity contribution is 9.10. The lowest BCUT2D eigenvalue weighted by atomic mass is 10.1. The van der Waals surface area contributed by atoms with Crippen LogP contribution in [0.15, 0.2) is 16.6 Å². The SMILES string of the molecule is CCC1CSC(c2cc(Br)c3c(c2)OCCCO3)N1. The lowest BCUT2D eigenvalue weighted by Crippen LogP contribution is -2.24. The van der Waals surface area contributed by atoms with Gasteiger partial charge in [0.25, 0.3) is 0 Å². The summed E-state index contributed by atoms with van der Waals surface area (Å²) < 4.78 is 12.5. The monoisotopic (exact) mass is 343 g/mol. The molecule has 1 N–H and O–H groups in total. The number of hydrogen-bond donors (Lipinski definition) is 1. The molecule has 0 radical (unpaired) electrons. The summed E-state index contributed by atoms with van der Waals surface area (Å²) in [6.07, 6.45) is 2.11. The Morgan fingerprint density at radius 1 is 1.37 bits per heavy atom. The van der Waals surface area contributed by atoms with E-state index in [0.29, 0.717) is 11.4 Å². The van der Waals surface area contributed by atoms with Crippen molar-refractivity contribution in [3.63, 3.8) is 0 Å². The van der Waals surface area contributed by atoms with Crippen molar-refractivity contribution in [2.45, 2.75) is 31.2 Å². The highest BCUT2D eigenvalue weighted by Gasteiger charge is 2.26. The van der Waals surface area contributed by atoms with Crippen LogP contribution in [0.5, 0.6) is 11.5 Å². The van der Waals surface area contributed by atoms with Gasteiger partial charge in [0.1, 0.15) is 0 Å². The average molecular weight is 344 g/mol. The molecule has 1 saturated heterocycles. The predicted octanol–water partition coefficient (Wildman–Crippen LogP) is 3.72. The van der Waals surface area contributed by atoms with Gasteiger partial charge in [0.2, 0.25) is 0 Å². The van der Waals surface area contributed by atoms with E-state index in [2.05, 4.69) is 40.3 Å². The van der Waals surface area contributed by atoms with E-state index >= 15 is 0 Å². The number of ether oxygens (including phenoxy) is 2. The van der Waals surface area contributed by atoms with E-state index in [1.54, 1.807) is 0 Å². The van der Waals surface area contributed by atoms with Gasteiger partial charge in [0.15, 0.2) is 11.5 Å². The molecule has 2 aliphatic heterocycles. The third-order valence-electron chi connectivity index (χ3n) is 3.47. The molecule has 3 rings (SSSR count). The summed E-state index contributed by atoms with van der Waals surface area (Å²) in [6.45, 7) is 3.68. The summed E-state index contributed by atoms with van der Waals surface area (Å²) >= 11 is 5.57. The summed E-state index contributed by atoms with van der Waals surface area (Å²) in [5.74, 6) is 2.88. The van der Waals surface area contributed by atoms with E-state index < -0.39 is 0 Å². The lowest BCUT2D eigenvalue weighted by molar-refractivity contribution is 0.296. The molecule has 0 saturated carbocycles. The Hall–Kier alpha value is -0.390. The van der Waals surface area contributed by atoms with Gasteiger partial charge >= 0.3 is 0 Å². The number of thioether (sulfide) groups is 1. The third kappa shape index (κ3) is 2.88. The standard InChI is InChI=1S/C14H18BrNO2S/c1-2-10-8-19-14(16-10)9-6-11(15)13-12(7-9)17-4-3-5-18-13/h6-7,10,14,16H,2-5,8H2,1H3. The number of nitrogens with one attached hydrogen (secondary N) is 1. The van der Waals surface area contributed by atoms with Crippen LogP contribution in [0.2, 0.25) is 0 Å². The first kappa shape index (κ1) is 13.6. The number of benzene rings is 1. The zero-order valence-corrected chi connectivity index (χ0v) is 13.4. The van der Waals surface area contributed by atoms with Crippen molar-refractivity contribution < 1.29 is 9.47 Å². The van der Waals surface area contributed by atoms with E-state index in [1.165, 1.54) is 17.7 Å². The van der Waals surface area contributed by atoms with Gasteiger partial charge in [-0.15, -0.1) is 11.8 Å². The second kappa shape index (κ2) is 5.94. The molecule has 19 heavy (non-hydrogen) atoms. The molecule has 1 aromatic carbocycles. The smallest absolute Gasteiger partial charge is 0.175 e. The van der Waals surface area contributed by atoms with Crippen LogP contribution >= 0.6 is 27.7 Å². The van der Waals surface area contributed by atoms with Crippen LogP contribution in [-0.2, 0) is 0 Å². The molecule has 2 aliphatic rings. The molecular weight excluding hydrogens is 326 g/mol. The lowest BCUT2D eigenvalue weighted by Gasteiger charge is -2.16. The molecular formula is C14H18BrNO2S. The molecule has 3 nitrogen and oxygen atoms in total. The Morgan fingerprint density at radius 3 is 3.00 bits per heavy atom. The first-order chi connectivity index (χ1) is 9.28. The fraction of sp³-hybridized carbons (Fsp3) is 0.571. The van der Waals surface area contributed by atoms with Gasteiger partial charge in [0, 0.05) is 18.2 Å². The molecule has 2 heterocycles. The summed E-state index contributed by atoms with van der Waals surface area (Å²) in [6, 6.07) is 4.88. The van der Waals surface area contributed by atoms with E-state index in [0.717, 1.165) is 35.6 Å². The first-order valence-electron chi connectivity index (χ1n) is 6.74. The summed E-state index contributed by atoms with van der Waals surface area (Å²) in [5, 5.41) is 4.01. The highest BCUT2D eigenvalue weighted by Crippen LogP contribution is 2.43. The van der Waals surface area contributed by atoms with Crippen LogP contribution in [0.4, 0.5) is 0 Å². The number of hydrogen-bond acceptors (Lipinski definition) is 4. The first-order valence-corrected chi connectivity index (χ1v) is 8.59. The Labute approximate surface area is 126 Å². The van der Waals surface area contributed by atoms with Gasteiger partial charge in [-0.2, -0.15) is 0 Å². The second-order valence-electron chi connectivity index (χ2n) is 4.87. The zero-order chi connectivity index (χ0) is 13.2. The Kier molecular flexibility index (Phi) is 4.24. The maximum absolute atomic E-state index is 5.79. The van der Waals surface area contributed by atoms with E-state index in [-0.39, 0.29) is 0 Å². The van der Waals surface area contributed by atoms with Crippen molar-refractivity contribution in [1.29, 1.82) is 0 Å². The van der Waals surface area contributed by atoms with E-state index in [1.807, 2.05) is 11.8 Å². The van der Waals surface area contributed by atoms with Crippen molar-refractivity contribution >= 4 is 27.7 Å². The molecule has 1 fully saturated rings. The van der Waals surface area contributed by atoms with Gasteiger partial charge in [-0.05, 0) is 40.0 Å². The van der Waals surface area contributed by atoms with Crippen molar-refractivity contribution in [3.05, 3.63) is 22.2 Å². The molecule has 0 amide bonds. The molecule has 2 unspecified atom stereocenters. The fourth-order valence-corrected chi connectivity index (χ4v) is 4.30. The van der Waals surface area contributed by atoms with Crippen molar-refractivity contribution in [3.8, 4) is 11.5 Å². The normalized spacial score (nSPS) is 26.2. The second-order valence-corrected chi connectivity index (χ2v) is 6.86. The van der Waals surface area contributed by atoms with Gasteiger partial charge in [-0.25, -0.2) is 0 Å². The summed E-state index contributed by atoms with van der Waals surface area (Å²) in [4.78, 5) is 0. The highest BCUT2D eigenvalue weighted by atomic mass is 79.9. The van der Waals surface area contributed by atoms with Crippen LogP contribution in [0, 0.1) is 0 Å². The number of halogens is 1. The van der Waals surface area contributed by atoms with Crippen LogP contribution in [0.25, 0.3) is 0 Å². The molecule has 5 heteroatoms. The molecule has 0 spiro atoms. The molecule has 104 valence electrons. The molecule has 1 aromatic rings. The Balaban J connectivity index is 1.87. The Bertz CT molecular complexity index is 469. The van der Waals surface area contributed by atoms with Gasteiger partial charge < -0.3 is 9.47 Å². The van der Waals surface area contributed by atoms with Crippen LogP contribution in [-0.4, -0.2) is 25.0 Å². The van der Waals surface area contributed by atoms with Crippen molar-refractivity contribution in [2.24, 2.45) is 0 Å². The average Bonchev–Trinajstić information content (AvgIpc) is 2.77. The van der Waals surface area contributed by atoms with E-state index in [9.17, 15) is 0 Å². The minimum Gasteiger partial charge on any atom is -0.490 e.